The fraction of sp³-hybridized carbons (Fsp3) is 0.530. The molecule has 12 heteroatoms. The summed E-state index contributed by atoms with van der Waals surface area (Å²) < 4.78 is 44.6. The number of carbonyl (C=O) groups is 3. The van der Waals surface area contributed by atoms with Crippen LogP contribution in [0.25, 0.3) is 0 Å². The molecule has 1 fully saturated rings. The topological polar surface area (TPSA) is 119 Å². The normalized spacial score (nSPS) is 16.9. The first-order valence-corrected chi connectivity index (χ1v) is 38.5. The van der Waals surface area contributed by atoms with E-state index < -0.39 is 56.5 Å². The molecule has 0 aliphatic carbocycles. The van der Waals surface area contributed by atoms with Crippen LogP contribution in [-0.4, -0.2) is 94.0 Å². The van der Waals surface area contributed by atoms with Gasteiger partial charge in [0.25, 0.3) is 0 Å². The number of hydrogen-bond acceptors (Lipinski definition) is 9. The molecule has 78 heavy (non-hydrogen) atoms. The maximum absolute atomic E-state index is 14.6. The number of amides is 1. The van der Waals surface area contributed by atoms with E-state index in [9.17, 15) is 14.4 Å². The molecule has 3 aromatic rings. The second kappa shape index (κ2) is 33.3. The Labute approximate surface area is 475 Å². The number of ether oxygens (including phenoxy) is 5. The molecule has 1 N–H and O–H groups in total. The predicted molar refractivity (Wildman–Crippen MR) is 325 cm³/mol. The van der Waals surface area contributed by atoms with Gasteiger partial charge in [-0.2, -0.15) is 0 Å². The van der Waals surface area contributed by atoms with Gasteiger partial charge in [0.05, 0.1) is 12.7 Å². The van der Waals surface area contributed by atoms with E-state index in [1.54, 1.807) is 6.08 Å². The van der Waals surface area contributed by atoms with E-state index >= 15 is 0 Å². The SMILES string of the molecule is C=C(COC(C)=O)CC(/C=C/C[C@H]1CC(=C)C[C@@H](/C=C(\C)C[C@H](OC(=O)/C=[CH]/[Sn]([CH2]CCC)([CH2]CCC)[CH2]CCC)[C@H](CO[Si](c2ccccc2)(c2ccccc2)C(C)(C)C)NC(=O)OC(C)(C)C)O1)OCc1ccccc1. The number of esters is 2. The summed E-state index contributed by atoms with van der Waals surface area (Å²) in [6.07, 6.45) is 15.5. The van der Waals surface area contributed by atoms with E-state index in [2.05, 4.69) is 125 Å². The van der Waals surface area contributed by atoms with Gasteiger partial charge in [-0.3, -0.25) is 4.79 Å². The van der Waals surface area contributed by atoms with Crippen LogP contribution in [0.5, 0.6) is 0 Å². The molecule has 0 spiro atoms. The summed E-state index contributed by atoms with van der Waals surface area (Å²) in [7, 11) is -3.14. The first kappa shape index (κ1) is 66.0. The van der Waals surface area contributed by atoms with E-state index in [4.69, 9.17) is 28.1 Å². The number of unbranched alkanes of at least 4 members (excludes halogenated alkanes) is 3. The van der Waals surface area contributed by atoms with Crippen LogP contribution < -0.4 is 15.7 Å². The van der Waals surface area contributed by atoms with E-state index in [0.717, 1.165) is 51.9 Å². The monoisotopic (exact) mass is 1200 g/mol. The molecular weight excluding hydrogens is 1100 g/mol. The zero-order valence-electron chi connectivity index (χ0n) is 49.5. The number of alkyl carbamates (subject to hydrolysis) is 1. The molecule has 1 aliphatic heterocycles. The van der Waals surface area contributed by atoms with Crippen molar-refractivity contribution in [1.82, 2.24) is 5.32 Å². The second-order valence-electron chi connectivity index (χ2n) is 23.6. The second-order valence-corrected chi connectivity index (χ2v) is 40.9. The van der Waals surface area contributed by atoms with Crippen molar-refractivity contribution in [3.8, 4) is 0 Å². The molecule has 1 amide bonds. The smallest absolute Gasteiger partial charge is 0.0725 e. The number of rotatable bonds is 32. The third-order valence-corrected chi connectivity index (χ3v) is 33.4. The Morgan fingerprint density at radius 3 is 1.90 bits per heavy atom. The van der Waals surface area contributed by atoms with Gasteiger partial charge < -0.3 is 9.47 Å². The van der Waals surface area contributed by atoms with Crippen molar-refractivity contribution < 1.29 is 42.5 Å². The molecule has 1 saturated heterocycles. The van der Waals surface area contributed by atoms with Gasteiger partial charge in [-0.1, -0.05) is 61.2 Å². The van der Waals surface area contributed by atoms with Crippen LogP contribution in [0.15, 0.2) is 149 Å². The number of hydrogen-bond donors (Lipinski definition) is 1. The summed E-state index contributed by atoms with van der Waals surface area (Å²) in [5, 5.41) is 5.03. The minimum Gasteiger partial charge on any atom is -0.369 e. The molecule has 3 aromatic carbocycles. The van der Waals surface area contributed by atoms with E-state index in [0.29, 0.717) is 38.7 Å². The van der Waals surface area contributed by atoms with Crippen molar-refractivity contribution in [3.63, 3.8) is 0 Å². The summed E-state index contributed by atoms with van der Waals surface area (Å²) in [4.78, 5) is 40.3. The van der Waals surface area contributed by atoms with Crippen molar-refractivity contribution in [1.29, 1.82) is 0 Å². The molecule has 0 aromatic heterocycles. The van der Waals surface area contributed by atoms with Crippen LogP contribution in [-0.2, 0) is 44.3 Å². The number of carbonyl (C=O) groups excluding carboxylic acids is 3. The van der Waals surface area contributed by atoms with Gasteiger partial charge in [0, 0.05) is 13.3 Å². The Hall–Kier alpha value is -4.53. The molecule has 0 radical (unpaired) electrons. The number of nitrogens with one attached hydrogen (secondary N) is 1. The maximum Gasteiger partial charge on any atom is 0.0725 e. The molecule has 5 atom stereocenters. The molecule has 0 saturated carbocycles. The van der Waals surface area contributed by atoms with Gasteiger partial charge in [0.15, 0.2) is 0 Å². The minimum atomic E-state index is -3.14. The molecule has 10 nitrogen and oxygen atoms in total. The summed E-state index contributed by atoms with van der Waals surface area (Å²) in [5.41, 5.74) is 3.06. The first-order chi connectivity index (χ1) is 37.1. The first-order valence-electron chi connectivity index (χ1n) is 28.9. The summed E-state index contributed by atoms with van der Waals surface area (Å²) in [5.74, 6) is -0.759. The Kier molecular flexibility index (Phi) is 28.1. The van der Waals surface area contributed by atoms with Crippen molar-refractivity contribution in [3.05, 3.63) is 155 Å². The van der Waals surface area contributed by atoms with Crippen LogP contribution >= 0.6 is 0 Å². The van der Waals surface area contributed by atoms with Crippen molar-refractivity contribution in [2.24, 2.45) is 0 Å². The van der Waals surface area contributed by atoms with E-state index in [1.165, 1.54) is 39.5 Å². The fourth-order valence-corrected chi connectivity index (χ4v) is 29.1. The predicted octanol–water partition coefficient (Wildman–Crippen LogP) is 14.8. The van der Waals surface area contributed by atoms with Crippen LogP contribution in [0.2, 0.25) is 18.3 Å². The van der Waals surface area contributed by atoms with Crippen molar-refractivity contribution in [2.45, 2.75) is 208 Å². The van der Waals surface area contributed by atoms with Crippen LogP contribution in [0, 0.1) is 0 Å². The van der Waals surface area contributed by atoms with Crippen molar-refractivity contribution >= 4 is 55.1 Å². The van der Waals surface area contributed by atoms with Gasteiger partial charge in [0.1, 0.15) is 6.61 Å². The Bertz CT molecular complexity index is 2330. The average molecular weight is 1200 g/mol. The van der Waals surface area contributed by atoms with Crippen LogP contribution in [0.3, 0.4) is 0 Å². The fourth-order valence-electron chi connectivity index (χ4n) is 10.5. The van der Waals surface area contributed by atoms with E-state index in [1.807, 2.05) is 76.2 Å². The van der Waals surface area contributed by atoms with Crippen LogP contribution in [0.4, 0.5) is 4.79 Å². The maximum atomic E-state index is 14.6. The molecular formula is C66H97NO9SiSn. The average Bonchev–Trinajstić information content (AvgIpc) is 3.49. The van der Waals surface area contributed by atoms with Gasteiger partial charge >= 0.3 is 359 Å². The largest absolute Gasteiger partial charge is 0.369 e. The third-order valence-electron chi connectivity index (χ3n) is 14.4. The van der Waals surface area contributed by atoms with Crippen molar-refractivity contribution in [2.75, 3.05) is 13.2 Å². The Morgan fingerprint density at radius 1 is 0.808 bits per heavy atom. The summed E-state index contributed by atoms with van der Waals surface area (Å²) in [6, 6.07) is 30.1. The molecule has 4 rings (SSSR count). The molecule has 1 aliphatic rings. The zero-order valence-corrected chi connectivity index (χ0v) is 53.4. The molecule has 1 heterocycles. The molecule has 0 bridgehead atoms. The number of benzene rings is 3. The van der Waals surface area contributed by atoms with Crippen LogP contribution in [0.1, 0.15) is 152 Å². The summed E-state index contributed by atoms with van der Waals surface area (Å²) >= 11 is -2.92. The minimum absolute atomic E-state index is 0.0480. The molecule has 428 valence electrons. The van der Waals surface area contributed by atoms with Gasteiger partial charge in [-0.05, 0) is 11.1 Å². The standard InChI is InChI=1S/C54H70NO9Si.3C4H9.Sn/c1-12-51(57)63-50(49(55-52(58)64-53(6,7)8)38-61-65(54(9,10)11,47-27-18-14-19-28-47)48-29-20-15-21-30-48)35-40(3)33-46-32-39(2)31-45(62-46)26-22-25-44(34-41(4)36-59-42(5)56)60-37-43-23-16-13-17-24-43;3*1-3-4-2;/h1,12-25,27-30,33,44-46,49-50H,2,4,26,31-32,34-38H2,3,5-11H3,(H,55,58);3*1,3-4H2,2H3;/b12-1?,25-22+,40-33+;;;;/t44?,45-,46-,49-,50-;;;;/m0..../s1. The quantitative estimate of drug-likeness (QED) is 0.0214. The Morgan fingerprint density at radius 2 is 1.37 bits per heavy atom. The Balaban J connectivity index is 1.74. The van der Waals surface area contributed by atoms with Gasteiger partial charge in [-0.25, -0.2) is 0 Å². The summed E-state index contributed by atoms with van der Waals surface area (Å²) in [6.45, 7) is 31.6. The van der Waals surface area contributed by atoms with Gasteiger partial charge in [-0.15, -0.1) is 0 Å². The van der Waals surface area contributed by atoms with Gasteiger partial charge in [0.2, 0.25) is 0 Å². The zero-order chi connectivity index (χ0) is 57.2. The third kappa shape index (κ3) is 22.9. The van der Waals surface area contributed by atoms with E-state index in [-0.39, 0.29) is 42.5 Å². The molecule has 1 unspecified atom stereocenters.